The van der Waals surface area contributed by atoms with Crippen LogP contribution in [0.15, 0.2) is 42.5 Å². The molecule has 0 unspecified atom stereocenters. The molecule has 0 bridgehead atoms. The molecule has 0 radical (unpaired) electrons. The number of hydrogen-bond donors (Lipinski definition) is 1. The van der Waals surface area contributed by atoms with Gasteiger partial charge in [-0.15, -0.1) is 0 Å². The standard InChI is InChI=1S/C15H10F4O2/c16-11-4-2-10(3-5-11)12-7-9(8-14(20)21)1-6-13(12)15(17,18)19/h1-7H,8H2,(H,20,21). The van der Waals surface area contributed by atoms with Crippen LogP contribution in [-0.4, -0.2) is 11.1 Å². The van der Waals surface area contributed by atoms with Crippen molar-refractivity contribution in [2.45, 2.75) is 12.6 Å². The molecule has 0 aliphatic carbocycles. The van der Waals surface area contributed by atoms with Gasteiger partial charge >= 0.3 is 12.1 Å². The van der Waals surface area contributed by atoms with E-state index in [1.165, 1.54) is 18.2 Å². The first-order valence-electron chi connectivity index (χ1n) is 5.95. The van der Waals surface area contributed by atoms with Gasteiger partial charge in [0, 0.05) is 0 Å². The Morgan fingerprint density at radius 3 is 2.19 bits per heavy atom. The molecule has 0 fully saturated rings. The van der Waals surface area contributed by atoms with E-state index in [1.54, 1.807) is 0 Å². The lowest BCUT2D eigenvalue weighted by molar-refractivity contribution is -0.137. The fourth-order valence-electron chi connectivity index (χ4n) is 1.99. The lowest BCUT2D eigenvalue weighted by atomic mass is 9.96. The number of rotatable bonds is 3. The highest BCUT2D eigenvalue weighted by atomic mass is 19.4. The first-order valence-corrected chi connectivity index (χ1v) is 5.95. The van der Waals surface area contributed by atoms with Crippen LogP contribution in [0, 0.1) is 5.82 Å². The van der Waals surface area contributed by atoms with Crippen molar-refractivity contribution in [3.63, 3.8) is 0 Å². The minimum atomic E-state index is -4.58. The molecule has 2 aromatic carbocycles. The van der Waals surface area contributed by atoms with Crippen LogP contribution >= 0.6 is 0 Å². The Hall–Kier alpha value is -2.37. The molecule has 0 heterocycles. The number of alkyl halides is 3. The normalized spacial score (nSPS) is 11.4. The number of benzene rings is 2. The van der Waals surface area contributed by atoms with Crippen LogP contribution in [-0.2, 0) is 17.4 Å². The van der Waals surface area contributed by atoms with Gasteiger partial charge in [0.25, 0.3) is 0 Å². The van der Waals surface area contributed by atoms with Gasteiger partial charge in [-0.3, -0.25) is 4.79 Å². The van der Waals surface area contributed by atoms with E-state index in [2.05, 4.69) is 0 Å². The van der Waals surface area contributed by atoms with Gasteiger partial charge in [0.15, 0.2) is 0 Å². The zero-order valence-electron chi connectivity index (χ0n) is 10.6. The van der Waals surface area contributed by atoms with Crippen molar-refractivity contribution < 1.29 is 27.5 Å². The Morgan fingerprint density at radius 2 is 1.67 bits per heavy atom. The molecule has 0 saturated heterocycles. The molecule has 0 aromatic heterocycles. The zero-order chi connectivity index (χ0) is 15.6. The van der Waals surface area contributed by atoms with Crippen LogP contribution < -0.4 is 0 Å². The third kappa shape index (κ3) is 3.59. The van der Waals surface area contributed by atoms with E-state index in [4.69, 9.17) is 5.11 Å². The van der Waals surface area contributed by atoms with Gasteiger partial charge in [-0.05, 0) is 41.0 Å². The molecule has 0 amide bonds. The van der Waals surface area contributed by atoms with Crippen LogP contribution in [0.1, 0.15) is 11.1 Å². The van der Waals surface area contributed by atoms with E-state index >= 15 is 0 Å². The van der Waals surface area contributed by atoms with Crippen molar-refractivity contribution in [3.05, 3.63) is 59.4 Å². The predicted octanol–water partition coefficient (Wildman–Crippen LogP) is 4.14. The molecule has 0 spiro atoms. The summed E-state index contributed by atoms with van der Waals surface area (Å²) >= 11 is 0. The molecule has 21 heavy (non-hydrogen) atoms. The fraction of sp³-hybridized carbons (Fsp3) is 0.133. The predicted molar refractivity (Wildman–Crippen MR) is 68.2 cm³/mol. The highest BCUT2D eigenvalue weighted by Gasteiger charge is 2.33. The van der Waals surface area contributed by atoms with Gasteiger partial charge in [0.2, 0.25) is 0 Å². The zero-order valence-corrected chi connectivity index (χ0v) is 10.6. The smallest absolute Gasteiger partial charge is 0.417 e. The summed E-state index contributed by atoms with van der Waals surface area (Å²) in [7, 11) is 0. The van der Waals surface area contributed by atoms with E-state index in [9.17, 15) is 22.4 Å². The van der Waals surface area contributed by atoms with Crippen LogP contribution in [0.3, 0.4) is 0 Å². The first-order chi connectivity index (χ1) is 9.77. The minimum Gasteiger partial charge on any atom is -0.481 e. The maximum absolute atomic E-state index is 13.0. The van der Waals surface area contributed by atoms with Crippen molar-refractivity contribution in [1.82, 2.24) is 0 Å². The molecular formula is C15H10F4O2. The van der Waals surface area contributed by atoms with Crippen LogP contribution in [0.25, 0.3) is 11.1 Å². The summed E-state index contributed by atoms with van der Waals surface area (Å²) in [6.45, 7) is 0. The third-order valence-electron chi connectivity index (χ3n) is 2.90. The molecule has 0 saturated carbocycles. The quantitative estimate of drug-likeness (QED) is 0.865. The second kappa shape index (κ2) is 5.55. The number of aliphatic carboxylic acids is 1. The van der Waals surface area contributed by atoms with Crippen LogP contribution in [0.4, 0.5) is 17.6 Å². The Balaban J connectivity index is 2.58. The van der Waals surface area contributed by atoms with Crippen LogP contribution in [0.2, 0.25) is 0 Å². The van der Waals surface area contributed by atoms with Crippen molar-refractivity contribution in [2.75, 3.05) is 0 Å². The van der Waals surface area contributed by atoms with E-state index in [0.717, 1.165) is 24.3 Å². The second-order valence-electron chi connectivity index (χ2n) is 4.46. The fourth-order valence-corrected chi connectivity index (χ4v) is 1.99. The maximum Gasteiger partial charge on any atom is 0.417 e. The van der Waals surface area contributed by atoms with Crippen molar-refractivity contribution in [2.24, 2.45) is 0 Å². The molecule has 0 aliphatic rings. The first kappa shape index (κ1) is 15.0. The Morgan fingerprint density at radius 1 is 1.05 bits per heavy atom. The number of hydrogen-bond acceptors (Lipinski definition) is 1. The highest BCUT2D eigenvalue weighted by Crippen LogP contribution is 2.37. The minimum absolute atomic E-state index is 0.166. The van der Waals surface area contributed by atoms with E-state index in [1.807, 2.05) is 0 Å². The van der Waals surface area contributed by atoms with Crippen LogP contribution in [0.5, 0.6) is 0 Å². The molecule has 2 rings (SSSR count). The summed E-state index contributed by atoms with van der Waals surface area (Å²) in [5, 5.41) is 8.72. The van der Waals surface area contributed by atoms with Gasteiger partial charge in [-0.25, -0.2) is 4.39 Å². The summed E-state index contributed by atoms with van der Waals surface area (Å²) in [5.41, 5.74) is -0.629. The Labute approximate surface area is 117 Å². The summed E-state index contributed by atoms with van der Waals surface area (Å²) in [4.78, 5) is 10.7. The number of carboxylic acid groups (broad SMARTS) is 1. The number of carbonyl (C=O) groups is 1. The molecule has 110 valence electrons. The molecule has 2 nitrogen and oxygen atoms in total. The van der Waals surface area contributed by atoms with Gasteiger partial charge in [-0.2, -0.15) is 13.2 Å². The largest absolute Gasteiger partial charge is 0.481 e. The number of halogens is 4. The van der Waals surface area contributed by atoms with Gasteiger partial charge in [0.05, 0.1) is 12.0 Å². The average Bonchev–Trinajstić information content (AvgIpc) is 2.37. The Bertz CT molecular complexity index is 660. The lowest BCUT2D eigenvalue weighted by Gasteiger charge is -2.14. The second-order valence-corrected chi connectivity index (χ2v) is 4.46. The molecule has 2 aromatic rings. The topological polar surface area (TPSA) is 37.3 Å². The molecule has 0 aliphatic heterocycles. The van der Waals surface area contributed by atoms with E-state index in [-0.39, 0.29) is 23.1 Å². The van der Waals surface area contributed by atoms with Gasteiger partial charge in [-0.1, -0.05) is 18.2 Å². The molecule has 6 heteroatoms. The van der Waals surface area contributed by atoms with Crippen molar-refractivity contribution in [1.29, 1.82) is 0 Å². The summed E-state index contributed by atoms with van der Waals surface area (Å²) in [6.07, 6.45) is -4.96. The number of carboxylic acids is 1. The van der Waals surface area contributed by atoms with Gasteiger partial charge in [0.1, 0.15) is 5.82 Å². The van der Waals surface area contributed by atoms with E-state index < -0.39 is 23.5 Å². The summed E-state index contributed by atoms with van der Waals surface area (Å²) < 4.78 is 51.9. The third-order valence-corrected chi connectivity index (χ3v) is 2.90. The van der Waals surface area contributed by atoms with Gasteiger partial charge < -0.3 is 5.11 Å². The van der Waals surface area contributed by atoms with Crippen molar-refractivity contribution in [3.8, 4) is 11.1 Å². The Kier molecular flexibility index (Phi) is 3.97. The highest BCUT2D eigenvalue weighted by molar-refractivity contribution is 5.73. The molecule has 0 atom stereocenters. The molecule has 1 N–H and O–H groups in total. The molecular weight excluding hydrogens is 288 g/mol. The maximum atomic E-state index is 13.0. The van der Waals surface area contributed by atoms with Crippen molar-refractivity contribution >= 4 is 5.97 Å². The average molecular weight is 298 g/mol. The monoisotopic (exact) mass is 298 g/mol. The summed E-state index contributed by atoms with van der Waals surface area (Å²) in [6, 6.07) is 7.71. The summed E-state index contributed by atoms with van der Waals surface area (Å²) in [5.74, 6) is -1.70. The SMILES string of the molecule is O=C(O)Cc1ccc(C(F)(F)F)c(-c2ccc(F)cc2)c1. The van der Waals surface area contributed by atoms with E-state index in [0.29, 0.717) is 0 Å². The lowest BCUT2D eigenvalue weighted by Crippen LogP contribution is -2.08.